The number of carbonyl (C=O) groups excluding carboxylic acids is 1. The van der Waals surface area contributed by atoms with Crippen LogP contribution in [0.1, 0.15) is 31.2 Å². The number of sulfone groups is 1. The van der Waals surface area contributed by atoms with Crippen LogP contribution in [0.3, 0.4) is 0 Å². The van der Waals surface area contributed by atoms with E-state index in [9.17, 15) is 13.2 Å². The molecule has 0 spiro atoms. The van der Waals surface area contributed by atoms with Gasteiger partial charge in [0.15, 0.2) is 9.84 Å². The fourth-order valence-corrected chi connectivity index (χ4v) is 5.49. The molecule has 0 bridgehead atoms. The van der Waals surface area contributed by atoms with Crippen LogP contribution in [0.4, 0.5) is 0 Å². The maximum Gasteiger partial charge on any atom is 0.233 e. The Bertz CT molecular complexity index is 697. The summed E-state index contributed by atoms with van der Waals surface area (Å²) in [6.45, 7) is 0. The molecule has 1 saturated heterocycles. The molecule has 2 aliphatic rings. The van der Waals surface area contributed by atoms with Crippen LogP contribution >= 0.6 is 11.6 Å². The smallest absolute Gasteiger partial charge is 0.233 e. The standard InChI is InChI=1S/C16H20ClNO3S/c1-18(14-6-9-22(20,21)11-14)15(19)16(7-3-8-16)12-4-2-5-13(17)10-12/h2,4-5,10,14H,3,6-9,11H2,1H3. The lowest BCUT2D eigenvalue weighted by molar-refractivity contribution is -0.141. The third kappa shape index (κ3) is 2.65. The molecule has 1 aliphatic carbocycles. The van der Waals surface area contributed by atoms with E-state index in [1.807, 2.05) is 18.2 Å². The van der Waals surface area contributed by atoms with Crippen LogP contribution in [-0.2, 0) is 20.0 Å². The normalized spacial score (nSPS) is 25.5. The average Bonchev–Trinajstić information content (AvgIpc) is 2.77. The Morgan fingerprint density at radius 3 is 2.59 bits per heavy atom. The Hall–Kier alpha value is -1.07. The third-order valence-electron chi connectivity index (χ3n) is 5.07. The minimum absolute atomic E-state index is 0.0307. The summed E-state index contributed by atoms with van der Waals surface area (Å²) in [6, 6.07) is 7.27. The first kappa shape index (κ1) is 15.8. The molecule has 2 fully saturated rings. The number of carbonyl (C=O) groups is 1. The zero-order chi connectivity index (χ0) is 16.0. The first-order chi connectivity index (χ1) is 10.3. The number of benzene rings is 1. The van der Waals surface area contributed by atoms with Crippen LogP contribution in [0.2, 0.25) is 5.02 Å². The van der Waals surface area contributed by atoms with Crippen molar-refractivity contribution in [3.8, 4) is 0 Å². The molecule has 6 heteroatoms. The second-order valence-electron chi connectivity index (χ2n) is 6.42. The van der Waals surface area contributed by atoms with E-state index in [0.717, 1.165) is 24.8 Å². The number of nitrogens with zero attached hydrogens (tertiary/aromatic N) is 1. The predicted octanol–water partition coefficient (Wildman–Crippen LogP) is 2.41. The summed E-state index contributed by atoms with van der Waals surface area (Å²) in [5.74, 6) is 0.295. The van der Waals surface area contributed by atoms with Gasteiger partial charge in [0.2, 0.25) is 5.91 Å². The van der Waals surface area contributed by atoms with Gasteiger partial charge in [-0.25, -0.2) is 8.42 Å². The Labute approximate surface area is 136 Å². The predicted molar refractivity (Wildman–Crippen MR) is 86.8 cm³/mol. The molecule has 1 heterocycles. The largest absolute Gasteiger partial charge is 0.341 e. The van der Waals surface area contributed by atoms with E-state index in [-0.39, 0.29) is 23.5 Å². The first-order valence-electron chi connectivity index (χ1n) is 7.58. The Morgan fingerprint density at radius 2 is 2.09 bits per heavy atom. The summed E-state index contributed by atoms with van der Waals surface area (Å²) in [7, 11) is -1.26. The van der Waals surface area contributed by atoms with Gasteiger partial charge in [0.1, 0.15) is 0 Å². The van der Waals surface area contributed by atoms with Crippen LogP contribution in [-0.4, -0.2) is 43.8 Å². The summed E-state index contributed by atoms with van der Waals surface area (Å²) >= 11 is 6.08. The summed E-state index contributed by atoms with van der Waals surface area (Å²) in [5, 5.41) is 0.627. The van der Waals surface area contributed by atoms with Crippen molar-refractivity contribution in [2.75, 3.05) is 18.6 Å². The molecule has 4 nitrogen and oxygen atoms in total. The molecule has 22 heavy (non-hydrogen) atoms. The van der Waals surface area contributed by atoms with Crippen molar-refractivity contribution in [3.63, 3.8) is 0 Å². The maximum atomic E-state index is 13.0. The van der Waals surface area contributed by atoms with Crippen molar-refractivity contribution in [2.45, 2.75) is 37.1 Å². The fraction of sp³-hybridized carbons (Fsp3) is 0.562. The lowest BCUT2D eigenvalue weighted by Gasteiger charge is -2.44. The molecule has 1 saturated carbocycles. The van der Waals surface area contributed by atoms with E-state index in [1.165, 1.54) is 0 Å². The number of hydrogen-bond acceptors (Lipinski definition) is 3. The Kier molecular flexibility index (Phi) is 3.98. The number of likely N-dealkylation sites (N-methyl/N-ethyl adjacent to an activating group) is 1. The van der Waals surface area contributed by atoms with Gasteiger partial charge in [0, 0.05) is 18.1 Å². The van der Waals surface area contributed by atoms with Crippen molar-refractivity contribution < 1.29 is 13.2 Å². The third-order valence-corrected chi connectivity index (χ3v) is 7.06. The summed E-state index contributed by atoms with van der Waals surface area (Å²) < 4.78 is 23.3. The highest BCUT2D eigenvalue weighted by Gasteiger charge is 2.49. The van der Waals surface area contributed by atoms with Crippen molar-refractivity contribution in [2.24, 2.45) is 0 Å². The lowest BCUT2D eigenvalue weighted by atomic mass is 9.63. The Balaban J connectivity index is 1.86. The molecule has 1 amide bonds. The molecule has 1 unspecified atom stereocenters. The van der Waals surface area contributed by atoms with Gasteiger partial charge in [0.25, 0.3) is 0 Å². The summed E-state index contributed by atoms with van der Waals surface area (Å²) in [5.41, 5.74) is 0.426. The molecule has 0 N–H and O–H groups in total. The number of hydrogen-bond donors (Lipinski definition) is 0. The molecule has 1 atom stereocenters. The summed E-state index contributed by atoms with van der Waals surface area (Å²) in [4.78, 5) is 14.7. The van der Waals surface area contributed by atoms with Crippen molar-refractivity contribution in [1.29, 1.82) is 0 Å². The topological polar surface area (TPSA) is 54.5 Å². The zero-order valence-corrected chi connectivity index (χ0v) is 14.2. The van der Waals surface area contributed by atoms with Gasteiger partial charge in [0.05, 0.1) is 16.9 Å². The molecule has 0 radical (unpaired) electrons. The lowest BCUT2D eigenvalue weighted by Crippen LogP contribution is -2.53. The van der Waals surface area contributed by atoms with E-state index in [0.29, 0.717) is 11.4 Å². The van der Waals surface area contributed by atoms with Crippen molar-refractivity contribution >= 4 is 27.3 Å². The van der Waals surface area contributed by atoms with Gasteiger partial charge in [-0.15, -0.1) is 0 Å². The number of rotatable bonds is 3. The minimum Gasteiger partial charge on any atom is -0.341 e. The fourth-order valence-electron chi connectivity index (χ4n) is 3.53. The van der Waals surface area contributed by atoms with Crippen molar-refractivity contribution in [3.05, 3.63) is 34.9 Å². The maximum absolute atomic E-state index is 13.0. The van der Waals surface area contributed by atoms with Crippen LogP contribution in [0.25, 0.3) is 0 Å². The highest BCUT2D eigenvalue weighted by atomic mass is 35.5. The van der Waals surface area contributed by atoms with Gasteiger partial charge >= 0.3 is 0 Å². The average molecular weight is 342 g/mol. The molecule has 120 valence electrons. The van der Waals surface area contributed by atoms with Gasteiger partial charge < -0.3 is 4.90 Å². The van der Waals surface area contributed by atoms with Gasteiger partial charge in [-0.3, -0.25) is 4.79 Å². The monoisotopic (exact) mass is 341 g/mol. The second-order valence-corrected chi connectivity index (χ2v) is 9.08. The van der Waals surface area contributed by atoms with E-state index in [4.69, 9.17) is 11.6 Å². The van der Waals surface area contributed by atoms with Gasteiger partial charge in [-0.05, 0) is 37.0 Å². The van der Waals surface area contributed by atoms with E-state index < -0.39 is 15.3 Å². The summed E-state index contributed by atoms with van der Waals surface area (Å²) in [6.07, 6.45) is 3.15. The zero-order valence-electron chi connectivity index (χ0n) is 12.6. The quantitative estimate of drug-likeness (QED) is 0.848. The highest BCUT2D eigenvalue weighted by Crippen LogP contribution is 2.46. The highest BCUT2D eigenvalue weighted by molar-refractivity contribution is 7.91. The van der Waals surface area contributed by atoms with Gasteiger partial charge in [-0.1, -0.05) is 30.2 Å². The molecule has 1 aliphatic heterocycles. The Morgan fingerprint density at radius 1 is 1.36 bits per heavy atom. The van der Waals surface area contributed by atoms with Crippen LogP contribution < -0.4 is 0 Å². The molecule has 1 aromatic rings. The van der Waals surface area contributed by atoms with Crippen molar-refractivity contribution in [1.82, 2.24) is 4.90 Å². The molecular weight excluding hydrogens is 322 g/mol. The van der Waals surface area contributed by atoms with Crippen LogP contribution in [0.5, 0.6) is 0 Å². The van der Waals surface area contributed by atoms with E-state index >= 15 is 0 Å². The van der Waals surface area contributed by atoms with Gasteiger partial charge in [-0.2, -0.15) is 0 Å². The van der Waals surface area contributed by atoms with E-state index in [2.05, 4.69) is 0 Å². The molecule has 3 rings (SSSR count). The van der Waals surface area contributed by atoms with E-state index in [1.54, 1.807) is 18.0 Å². The molecule has 1 aromatic carbocycles. The number of halogens is 1. The second kappa shape index (κ2) is 5.53. The molecule has 0 aromatic heterocycles. The number of amides is 1. The SMILES string of the molecule is CN(C(=O)C1(c2cccc(Cl)c2)CCC1)C1CCS(=O)(=O)C1. The van der Waals surface area contributed by atoms with Crippen LogP contribution in [0.15, 0.2) is 24.3 Å². The minimum atomic E-state index is -2.99. The molecular formula is C16H20ClNO3S. The first-order valence-corrected chi connectivity index (χ1v) is 9.78. The van der Waals surface area contributed by atoms with Crippen LogP contribution in [0, 0.1) is 0 Å².